The van der Waals surface area contributed by atoms with Crippen molar-refractivity contribution in [3.8, 4) is 0 Å². The summed E-state index contributed by atoms with van der Waals surface area (Å²) in [5, 5.41) is 21.8. The quantitative estimate of drug-likeness (QED) is 0.883. The van der Waals surface area contributed by atoms with Gasteiger partial charge in [-0.05, 0) is 52.3 Å². The van der Waals surface area contributed by atoms with Crippen LogP contribution in [0.15, 0.2) is 0 Å². The predicted molar refractivity (Wildman–Crippen MR) is 73.4 cm³/mol. The van der Waals surface area contributed by atoms with Gasteiger partial charge in [-0.25, -0.2) is 0 Å². The number of carboxylic acid groups (broad SMARTS) is 1. The van der Waals surface area contributed by atoms with Crippen molar-refractivity contribution in [2.45, 2.75) is 58.0 Å². The predicted octanol–water partition coefficient (Wildman–Crippen LogP) is 0.910. The van der Waals surface area contributed by atoms with Gasteiger partial charge in [0.15, 0.2) is 5.82 Å². The van der Waals surface area contributed by atoms with Gasteiger partial charge in [0.05, 0.1) is 5.54 Å². The Morgan fingerprint density at radius 2 is 2.15 bits per heavy atom. The van der Waals surface area contributed by atoms with Crippen LogP contribution in [0.1, 0.15) is 46.4 Å². The Kier molecular flexibility index (Phi) is 3.82. The summed E-state index contributed by atoms with van der Waals surface area (Å²) in [6.45, 7) is 9.30. The molecule has 1 aromatic heterocycles. The number of tetrazole rings is 1. The Hall–Kier alpha value is -1.50. The van der Waals surface area contributed by atoms with E-state index >= 15 is 0 Å². The Morgan fingerprint density at radius 1 is 1.45 bits per heavy atom. The van der Waals surface area contributed by atoms with Gasteiger partial charge in [-0.2, -0.15) is 4.80 Å². The van der Waals surface area contributed by atoms with Crippen molar-refractivity contribution in [3.63, 3.8) is 0 Å². The number of nitrogens with zero attached hydrogens (tertiary/aromatic N) is 5. The average molecular weight is 281 g/mol. The molecule has 0 amide bonds. The van der Waals surface area contributed by atoms with E-state index < -0.39 is 11.5 Å². The van der Waals surface area contributed by atoms with Crippen molar-refractivity contribution in [3.05, 3.63) is 5.82 Å². The molecular formula is C13H23N5O2. The summed E-state index contributed by atoms with van der Waals surface area (Å²) in [5.41, 5.74) is -0.936. The number of hydrogen-bond donors (Lipinski definition) is 1. The molecule has 1 saturated heterocycles. The highest BCUT2D eigenvalue weighted by Crippen LogP contribution is 2.29. The fraction of sp³-hybridized carbons (Fsp3) is 0.846. The molecule has 2 rings (SSSR count). The molecule has 1 atom stereocenters. The summed E-state index contributed by atoms with van der Waals surface area (Å²) in [4.78, 5) is 15.0. The average Bonchev–Trinajstić information content (AvgIpc) is 2.93. The molecule has 1 aliphatic rings. The fourth-order valence-electron chi connectivity index (χ4n) is 2.48. The van der Waals surface area contributed by atoms with E-state index in [2.05, 4.69) is 15.4 Å². The monoisotopic (exact) mass is 281 g/mol. The van der Waals surface area contributed by atoms with E-state index in [1.807, 2.05) is 25.7 Å². The molecule has 7 heteroatoms. The van der Waals surface area contributed by atoms with Gasteiger partial charge in [0.25, 0.3) is 0 Å². The van der Waals surface area contributed by atoms with Crippen LogP contribution in [0.3, 0.4) is 0 Å². The molecule has 1 aromatic rings. The van der Waals surface area contributed by atoms with Crippen LogP contribution in [0.4, 0.5) is 0 Å². The highest BCUT2D eigenvalue weighted by atomic mass is 16.4. The first-order chi connectivity index (χ1) is 9.23. The minimum Gasteiger partial charge on any atom is -0.480 e. The summed E-state index contributed by atoms with van der Waals surface area (Å²) < 4.78 is 0. The lowest BCUT2D eigenvalue weighted by atomic mass is 9.99. The molecule has 1 aliphatic heterocycles. The molecule has 0 saturated carbocycles. The van der Waals surface area contributed by atoms with Crippen LogP contribution in [-0.4, -0.2) is 54.8 Å². The second-order valence-corrected chi connectivity index (χ2v) is 6.59. The van der Waals surface area contributed by atoms with Crippen LogP contribution in [0.25, 0.3) is 0 Å². The zero-order valence-electron chi connectivity index (χ0n) is 12.6. The summed E-state index contributed by atoms with van der Waals surface area (Å²) in [6.07, 6.45) is 2.24. The minimum absolute atomic E-state index is 0.186. The van der Waals surface area contributed by atoms with Crippen molar-refractivity contribution in [2.24, 2.45) is 0 Å². The number of likely N-dealkylation sites (tertiary alicyclic amines) is 1. The van der Waals surface area contributed by atoms with Crippen molar-refractivity contribution in [1.29, 1.82) is 0 Å². The van der Waals surface area contributed by atoms with Crippen LogP contribution in [0.2, 0.25) is 0 Å². The maximum atomic E-state index is 11.4. The van der Waals surface area contributed by atoms with Crippen LogP contribution in [0.5, 0.6) is 0 Å². The topological polar surface area (TPSA) is 84.1 Å². The fourth-order valence-corrected chi connectivity index (χ4v) is 2.48. The highest BCUT2D eigenvalue weighted by molar-refractivity contribution is 5.78. The smallest absolute Gasteiger partial charge is 0.323 e. The zero-order valence-corrected chi connectivity index (χ0v) is 12.6. The molecule has 0 radical (unpaired) electrons. The first-order valence-electron chi connectivity index (χ1n) is 7.01. The molecule has 0 bridgehead atoms. The van der Waals surface area contributed by atoms with Gasteiger partial charge in [0.1, 0.15) is 5.54 Å². The molecule has 7 nitrogen and oxygen atoms in total. The Morgan fingerprint density at radius 3 is 2.70 bits per heavy atom. The SMILES string of the molecule is CC1(C(=O)O)CCCN1CCc1nnn(C(C)(C)C)n1. The second kappa shape index (κ2) is 5.12. The largest absolute Gasteiger partial charge is 0.480 e. The van der Waals surface area contributed by atoms with Crippen molar-refractivity contribution < 1.29 is 9.90 Å². The van der Waals surface area contributed by atoms with E-state index in [1.165, 1.54) is 0 Å². The molecule has 1 unspecified atom stereocenters. The molecular weight excluding hydrogens is 258 g/mol. The summed E-state index contributed by atoms with van der Waals surface area (Å²) >= 11 is 0. The molecule has 20 heavy (non-hydrogen) atoms. The Bertz CT molecular complexity index is 493. The van der Waals surface area contributed by atoms with Gasteiger partial charge >= 0.3 is 5.97 Å². The van der Waals surface area contributed by atoms with Gasteiger partial charge in [0.2, 0.25) is 0 Å². The highest BCUT2D eigenvalue weighted by Gasteiger charge is 2.42. The third-order valence-corrected chi connectivity index (χ3v) is 3.91. The lowest BCUT2D eigenvalue weighted by Gasteiger charge is -2.30. The first-order valence-corrected chi connectivity index (χ1v) is 7.01. The van der Waals surface area contributed by atoms with Crippen molar-refractivity contribution >= 4 is 5.97 Å². The normalized spacial score (nSPS) is 24.2. The van der Waals surface area contributed by atoms with E-state index in [9.17, 15) is 9.90 Å². The number of rotatable bonds is 4. The van der Waals surface area contributed by atoms with Gasteiger partial charge in [0, 0.05) is 13.0 Å². The molecule has 2 heterocycles. The Balaban J connectivity index is 1.99. The maximum Gasteiger partial charge on any atom is 0.323 e. The van der Waals surface area contributed by atoms with Gasteiger partial charge < -0.3 is 5.11 Å². The third-order valence-electron chi connectivity index (χ3n) is 3.91. The maximum absolute atomic E-state index is 11.4. The third kappa shape index (κ3) is 2.82. The van der Waals surface area contributed by atoms with Crippen LogP contribution in [0, 0.1) is 0 Å². The van der Waals surface area contributed by atoms with E-state index in [0.29, 0.717) is 25.2 Å². The standard InChI is InChI=1S/C13H23N5O2/c1-12(2,3)18-15-10(14-16-18)6-9-17-8-5-7-13(17,4)11(19)20/h5-9H2,1-4H3,(H,19,20). The molecule has 0 spiro atoms. The minimum atomic E-state index is -0.750. The van der Waals surface area contributed by atoms with Gasteiger partial charge in [-0.3, -0.25) is 9.69 Å². The van der Waals surface area contributed by atoms with E-state index in [-0.39, 0.29) is 5.54 Å². The van der Waals surface area contributed by atoms with Crippen LogP contribution >= 0.6 is 0 Å². The first kappa shape index (κ1) is 14.9. The molecule has 1 N–H and O–H groups in total. The van der Waals surface area contributed by atoms with Crippen LogP contribution in [-0.2, 0) is 16.8 Å². The second-order valence-electron chi connectivity index (χ2n) is 6.59. The number of hydrogen-bond acceptors (Lipinski definition) is 5. The number of aromatic nitrogens is 4. The lowest BCUT2D eigenvalue weighted by Crippen LogP contribution is -2.48. The summed E-state index contributed by atoms with van der Waals surface area (Å²) in [5.74, 6) is -0.0825. The van der Waals surface area contributed by atoms with Crippen LogP contribution < -0.4 is 0 Å². The lowest BCUT2D eigenvalue weighted by molar-refractivity contribution is -0.148. The van der Waals surface area contributed by atoms with Gasteiger partial charge in [-0.1, -0.05) is 0 Å². The molecule has 0 aliphatic carbocycles. The van der Waals surface area contributed by atoms with Crippen molar-refractivity contribution in [1.82, 2.24) is 25.1 Å². The number of aliphatic carboxylic acids is 1. The molecule has 1 fully saturated rings. The van der Waals surface area contributed by atoms with E-state index in [4.69, 9.17) is 0 Å². The zero-order chi connectivity index (χ0) is 15.0. The number of carbonyl (C=O) groups is 1. The molecule has 0 aromatic carbocycles. The van der Waals surface area contributed by atoms with Gasteiger partial charge in [-0.15, -0.1) is 10.2 Å². The number of carboxylic acids is 1. The summed E-state index contributed by atoms with van der Waals surface area (Å²) in [6, 6.07) is 0. The summed E-state index contributed by atoms with van der Waals surface area (Å²) in [7, 11) is 0. The Labute approximate surface area is 119 Å². The van der Waals surface area contributed by atoms with E-state index in [1.54, 1.807) is 11.7 Å². The van der Waals surface area contributed by atoms with E-state index in [0.717, 1.165) is 13.0 Å². The van der Waals surface area contributed by atoms with Crippen molar-refractivity contribution in [2.75, 3.05) is 13.1 Å². The molecule has 112 valence electrons.